The van der Waals surface area contributed by atoms with Crippen LogP contribution in [-0.2, 0) is 13.2 Å². The average molecular weight is 196 g/mol. The molecule has 0 heterocycles. The molecule has 1 aromatic rings. The summed E-state index contributed by atoms with van der Waals surface area (Å²) < 4.78 is 0. The van der Waals surface area contributed by atoms with E-state index in [1.165, 1.54) is 18.2 Å². The molecule has 76 valence electrons. The maximum atomic E-state index is 9.54. The second kappa shape index (κ2) is 4.64. The Hall–Kier alpha value is -1.52. The molecular weight excluding hydrogens is 184 g/mol. The number of hydrogen-bond acceptors (Lipinski definition) is 4. The van der Waals surface area contributed by atoms with Crippen LogP contribution >= 0.6 is 0 Å². The topological polar surface area (TPSA) is 80.9 Å². The van der Waals surface area contributed by atoms with Crippen LogP contribution in [0.1, 0.15) is 16.7 Å². The van der Waals surface area contributed by atoms with E-state index in [1.807, 2.05) is 0 Å². The third-order valence-electron chi connectivity index (χ3n) is 1.89. The zero-order chi connectivity index (χ0) is 10.6. The Kier molecular flexibility index (Phi) is 3.50. The van der Waals surface area contributed by atoms with Crippen molar-refractivity contribution in [2.45, 2.75) is 13.2 Å². The Morgan fingerprint density at radius 3 is 2.36 bits per heavy atom. The van der Waals surface area contributed by atoms with Crippen molar-refractivity contribution in [1.82, 2.24) is 0 Å². The van der Waals surface area contributed by atoms with Gasteiger partial charge >= 0.3 is 0 Å². The van der Waals surface area contributed by atoms with E-state index in [4.69, 9.17) is 15.3 Å². The quantitative estimate of drug-likeness (QED) is 0.541. The highest BCUT2D eigenvalue weighted by Gasteiger charge is 2.06. The molecule has 0 aromatic heterocycles. The lowest BCUT2D eigenvalue weighted by atomic mass is 10.0. The van der Waals surface area contributed by atoms with Gasteiger partial charge in [-0.05, 0) is 23.8 Å². The first kappa shape index (κ1) is 10.6. The molecule has 1 rings (SSSR count). The van der Waals surface area contributed by atoms with E-state index < -0.39 is 0 Å². The monoisotopic (exact) mass is 196 g/mol. The number of aliphatic hydroxyl groups is 3. The van der Waals surface area contributed by atoms with Crippen LogP contribution in [0.4, 0.5) is 0 Å². The minimum atomic E-state index is -0.314. The molecule has 4 heteroatoms. The van der Waals surface area contributed by atoms with Gasteiger partial charge in [-0.25, -0.2) is 0 Å². The summed E-state index contributed by atoms with van der Waals surface area (Å²) in [5.41, 5.74) is 1.26. The lowest BCUT2D eigenvalue weighted by Crippen LogP contribution is -1.92. The Labute approximate surface area is 81.4 Å². The van der Waals surface area contributed by atoms with Gasteiger partial charge in [-0.1, -0.05) is 0 Å². The molecule has 0 amide bonds. The highest BCUT2D eigenvalue weighted by molar-refractivity contribution is 5.60. The minimum absolute atomic E-state index is 0.0880. The van der Waals surface area contributed by atoms with E-state index >= 15 is 0 Å². The molecule has 0 saturated heterocycles. The zero-order valence-electron chi connectivity index (χ0n) is 7.51. The molecule has 0 spiro atoms. The summed E-state index contributed by atoms with van der Waals surface area (Å²) in [6.07, 6.45) is 2.07. The molecule has 0 fully saturated rings. The van der Waals surface area contributed by atoms with Gasteiger partial charge in [0.25, 0.3) is 0 Å². The smallest absolute Gasteiger partial charge is 0.128 e. The first-order valence-electron chi connectivity index (χ1n) is 4.10. The normalized spacial score (nSPS) is 11.0. The molecule has 0 aliphatic rings. The summed E-state index contributed by atoms with van der Waals surface area (Å²) in [6.45, 7) is -0.495. The van der Waals surface area contributed by atoms with Gasteiger partial charge in [0.1, 0.15) is 5.75 Å². The lowest BCUT2D eigenvalue weighted by Gasteiger charge is -2.07. The van der Waals surface area contributed by atoms with Crippen LogP contribution in [-0.4, -0.2) is 20.4 Å². The molecule has 0 radical (unpaired) electrons. The maximum absolute atomic E-state index is 9.54. The standard InChI is InChI=1S/C10H12O4/c11-2-1-8-3-7(5-12)4-9(6-13)10(8)14/h1-4,11-14H,5-6H2/b2-1+. The van der Waals surface area contributed by atoms with E-state index in [0.29, 0.717) is 16.7 Å². The van der Waals surface area contributed by atoms with Gasteiger partial charge in [0, 0.05) is 11.1 Å². The molecular formula is C10H12O4. The predicted octanol–water partition coefficient (Wildman–Crippen LogP) is 0.905. The summed E-state index contributed by atoms with van der Waals surface area (Å²) >= 11 is 0. The largest absolute Gasteiger partial charge is 0.516 e. The SMILES string of the molecule is O/C=C/c1cc(CO)cc(CO)c1O. The molecule has 14 heavy (non-hydrogen) atoms. The van der Waals surface area contributed by atoms with Crippen LogP contribution in [0, 0.1) is 0 Å². The lowest BCUT2D eigenvalue weighted by molar-refractivity contribution is 0.270. The van der Waals surface area contributed by atoms with Gasteiger partial charge in [-0.2, -0.15) is 0 Å². The van der Waals surface area contributed by atoms with E-state index in [1.54, 1.807) is 0 Å². The Morgan fingerprint density at radius 1 is 1.14 bits per heavy atom. The summed E-state index contributed by atoms with van der Waals surface area (Å²) in [5, 5.41) is 35.9. The van der Waals surface area contributed by atoms with Crippen LogP contribution in [0.15, 0.2) is 18.4 Å². The Morgan fingerprint density at radius 2 is 1.86 bits per heavy atom. The van der Waals surface area contributed by atoms with Gasteiger partial charge in [-0.3, -0.25) is 0 Å². The molecule has 0 bridgehead atoms. The summed E-state index contributed by atoms with van der Waals surface area (Å²) in [5.74, 6) is -0.0880. The van der Waals surface area contributed by atoms with Crippen LogP contribution in [0.2, 0.25) is 0 Å². The summed E-state index contributed by atoms with van der Waals surface area (Å²) in [7, 11) is 0. The zero-order valence-corrected chi connectivity index (χ0v) is 7.51. The number of benzene rings is 1. The third kappa shape index (κ3) is 2.04. The van der Waals surface area contributed by atoms with Gasteiger partial charge in [-0.15, -0.1) is 0 Å². The van der Waals surface area contributed by atoms with Gasteiger partial charge in [0.05, 0.1) is 19.5 Å². The Balaban J connectivity index is 3.26. The van der Waals surface area contributed by atoms with Crippen LogP contribution in [0.25, 0.3) is 6.08 Å². The van der Waals surface area contributed by atoms with Crippen LogP contribution < -0.4 is 0 Å². The molecule has 1 aromatic carbocycles. The average Bonchev–Trinajstić information content (AvgIpc) is 2.21. The van der Waals surface area contributed by atoms with Crippen LogP contribution in [0.3, 0.4) is 0 Å². The summed E-state index contributed by atoms with van der Waals surface area (Å²) in [6, 6.07) is 3.03. The molecule has 4 N–H and O–H groups in total. The van der Waals surface area contributed by atoms with Gasteiger partial charge in [0.15, 0.2) is 0 Å². The van der Waals surface area contributed by atoms with Crippen molar-refractivity contribution in [3.05, 3.63) is 35.1 Å². The maximum Gasteiger partial charge on any atom is 0.128 e. The van der Waals surface area contributed by atoms with E-state index in [-0.39, 0.29) is 19.0 Å². The van der Waals surface area contributed by atoms with Gasteiger partial charge in [0.2, 0.25) is 0 Å². The van der Waals surface area contributed by atoms with E-state index in [0.717, 1.165) is 6.26 Å². The number of aromatic hydroxyl groups is 1. The minimum Gasteiger partial charge on any atom is -0.516 e. The number of phenols is 1. The molecule has 0 unspecified atom stereocenters. The van der Waals surface area contributed by atoms with Crippen molar-refractivity contribution in [3.63, 3.8) is 0 Å². The molecule has 4 nitrogen and oxygen atoms in total. The fourth-order valence-electron chi connectivity index (χ4n) is 1.21. The van der Waals surface area contributed by atoms with E-state index in [2.05, 4.69) is 0 Å². The fourth-order valence-corrected chi connectivity index (χ4v) is 1.21. The van der Waals surface area contributed by atoms with Crippen LogP contribution in [0.5, 0.6) is 5.75 Å². The molecule has 0 aliphatic heterocycles. The Bertz CT molecular complexity index is 344. The summed E-state index contributed by atoms with van der Waals surface area (Å²) in [4.78, 5) is 0. The van der Waals surface area contributed by atoms with Crippen molar-refractivity contribution >= 4 is 6.08 Å². The number of hydrogen-bond donors (Lipinski definition) is 4. The predicted molar refractivity (Wildman–Crippen MR) is 51.6 cm³/mol. The highest BCUT2D eigenvalue weighted by Crippen LogP contribution is 2.25. The van der Waals surface area contributed by atoms with Crippen molar-refractivity contribution in [3.8, 4) is 5.75 Å². The van der Waals surface area contributed by atoms with Crippen molar-refractivity contribution in [2.24, 2.45) is 0 Å². The number of aliphatic hydroxyl groups excluding tert-OH is 3. The highest BCUT2D eigenvalue weighted by atomic mass is 16.3. The second-order valence-electron chi connectivity index (χ2n) is 2.82. The fraction of sp³-hybridized carbons (Fsp3) is 0.200. The van der Waals surface area contributed by atoms with E-state index in [9.17, 15) is 5.11 Å². The third-order valence-corrected chi connectivity index (χ3v) is 1.89. The molecule has 0 saturated carbocycles. The molecule has 0 aliphatic carbocycles. The van der Waals surface area contributed by atoms with Crippen molar-refractivity contribution < 1.29 is 20.4 Å². The first-order chi connectivity index (χ1) is 6.72. The first-order valence-corrected chi connectivity index (χ1v) is 4.10. The second-order valence-corrected chi connectivity index (χ2v) is 2.82. The number of rotatable bonds is 3. The van der Waals surface area contributed by atoms with Crippen molar-refractivity contribution in [2.75, 3.05) is 0 Å². The van der Waals surface area contributed by atoms with Gasteiger partial charge < -0.3 is 20.4 Å². The van der Waals surface area contributed by atoms with Crippen molar-refractivity contribution in [1.29, 1.82) is 0 Å². The molecule has 0 atom stereocenters.